The number of carbonyl (C=O) groups is 2. The standard InChI is InChI=1S/C15H24N2O3S/c1-15(2,3)8-10(9-16)14(20)17-11(7-13(18)19)12-5-4-6-21-12/h4-6,10-11H,7-9,16H2,1-3H3,(H,17,20)(H,18,19). The summed E-state index contributed by atoms with van der Waals surface area (Å²) in [6.07, 6.45) is 0.540. The van der Waals surface area contributed by atoms with Crippen molar-refractivity contribution in [3.05, 3.63) is 22.4 Å². The maximum Gasteiger partial charge on any atom is 0.305 e. The number of amides is 1. The van der Waals surface area contributed by atoms with Crippen molar-refractivity contribution in [2.75, 3.05) is 6.54 Å². The van der Waals surface area contributed by atoms with Crippen LogP contribution in [0.2, 0.25) is 0 Å². The average molecular weight is 312 g/mol. The van der Waals surface area contributed by atoms with E-state index in [-0.39, 0.29) is 30.2 Å². The van der Waals surface area contributed by atoms with Crippen LogP contribution in [0.25, 0.3) is 0 Å². The Morgan fingerprint density at radius 1 is 1.43 bits per heavy atom. The van der Waals surface area contributed by atoms with Crippen molar-refractivity contribution in [2.24, 2.45) is 17.1 Å². The molecule has 118 valence electrons. The van der Waals surface area contributed by atoms with Crippen LogP contribution < -0.4 is 11.1 Å². The predicted molar refractivity (Wildman–Crippen MR) is 84.1 cm³/mol. The molecule has 1 heterocycles. The molecule has 0 saturated heterocycles. The minimum atomic E-state index is -0.936. The highest BCUT2D eigenvalue weighted by Crippen LogP contribution is 2.26. The van der Waals surface area contributed by atoms with E-state index in [0.717, 1.165) is 4.88 Å². The van der Waals surface area contributed by atoms with Gasteiger partial charge in [-0.1, -0.05) is 26.8 Å². The number of nitrogens with two attached hydrogens (primary N) is 1. The van der Waals surface area contributed by atoms with Crippen LogP contribution in [-0.2, 0) is 9.59 Å². The van der Waals surface area contributed by atoms with E-state index in [9.17, 15) is 9.59 Å². The monoisotopic (exact) mass is 312 g/mol. The minimum absolute atomic E-state index is 0.00734. The molecule has 0 aliphatic heterocycles. The molecule has 4 N–H and O–H groups in total. The van der Waals surface area contributed by atoms with E-state index in [1.165, 1.54) is 11.3 Å². The third-order valence-electron chi connectivity index (χ3n) is 3.10. The van der Waals surface area contributed by atoms with Gasteiger partial charge in [-0.25, -0.2) is 0 Å². The summed E-state index contributed by atoms with van der Waals surface area (Å²) in [5.41, 5.74) is 5.69. The van der Waals surface area contributed by atoms with Gasteiger partial charge in [0.15, 0.2) is 0 Å². The molecular formula is C15H24N2O3S. The number of carboxylic acid groups (broad SMARTS) is 1. The number of nitrogens with one attached hydrogen (secondary N) is 1. The first-order valence-electron chi connectivity index (χ1n) is 6.98. The maximum atomic E-state index is 12.4. The van der Waals surface area contributed by atoms with Gasteiger partial charge in [0.1, 0.15) is 0 Å². The maximum absolute atomic E-state index is 12.4. The molecular weight excluding hydrogens is 288 g/mol. The molecule has 1 amide bonds. The van der Waals surface area contributed by atoms with Crippen LogP contribution in [0.1, 0.15) is 44.5 Å². The Morgan fingerprint density at radius 2 is 2.10 bits per heavy atom. The van der Waals surface area contributed by atoms with Crippen LogP contribution in [-0.4, -0.2) is 23.5 Å². The van der Waals surface area contributed by atoms with Gasteiger partial charge in [-0.05, 0) is 23.3 Å². The normalized spacial score (nSPS) is 14.5. The summed E-state index contributed by atoms with van der Waals surface area (Å²) >= 11 is 1.44. The second-order valence-corrected chi connectivity index (χ2v) is 7.35. The van der Waals surface area contributed by atoms with E-state index in [0.29, 0.717) is 6.42 Å². The van der Waals surface area contributed by atoms with Gasteiger partial charge in [0.25, 0.3) is 0 Å². The molecule has 0 bridgehead atoms. The fourth-order valence-corrected chi connectivity index (χ4v) is 2.98. The van der Waals surface area contributed by atoms with Crippen LogP contribution in [0.3, 0.4) is 0 Å². The first-order valence-corrected chi connectivity index (χ1v) is 7.86. The topological polar surface area (TPSA) is 92.4 Å². The summed E-state index contributed by atoms with van der Waals surface area (Å²) in [5.74, 6) is -1.41. The molecule has 0 fully saturated rings. The Kier molecular flexibility index (Phi) is 6.36. The Labute approximate surface area is 129 Å². The summed E-state index contributed by atoms with van der Waals surface area (Å²) in [6, 6.07) is 3.18. The molecule has 21 heavy (non-hydrogen) atoms. The van der Waals surface area contributed by atoms with Crippen LogP contribution in [0.4, 0.5) is 0 Å². The lowest BCUT2D eigenvalue weighted by Crippen LogP contribution is -2.39. The molecule has 0 aliphatic rings. The van der Waals surface area contributed by atoms with E-state index in [4.69, 9.17) is 10.8 Å². The minimum Gasteiger partial charge on any atom is -0.481 e. The summed E-state index contributed by atoms with van der Waals surface area (Å²) in [6.45, 7) is 6.41. The number of hydrogen-bond donors (Lipinski definition) is 3. The summed E-state index contributed by atoms with van der Waals surface area (Å²) in [5, 5.41) is 13.7. The van der Waals surface area contributed by atoms with Gasteiger partial charge in [-0.15, -0.1) is 11.3 Å². The number of rotatable bonds is 7. The highest BCUT2D eigenvalue weighted by atomic mass is 32.1. The van der Waals surface area contributed by atoms with E-state index in [1.807, 2.05) is 17.5 Å². The third kappa shape index (κ3) is 6.27. The van der Waals surface area contributed by atoms with Crippen molar-refractivity contribution in [2.45, 2.75) is 39.7 Å². The van der Waals surface area contributed by atoms with Crippen molar-refractivity contribution in [1.29, 1.82) is 0 Å². The molecule has 2 atom stereocenters. The number of thiophene rings is 1. The molecule has 0 radical (unpaired) electrons. The van der Waals surface area contributed by atoms with Crippen molar-refractivity contribution in [3.63, 3.8) is 0 Å². The van der Waals surface area contributed by atoms with Gasteiger partial charge in [-0.3, -0.25) is 9.59 Å². The molecule has 5 nitrogen and oxygen atoms in total. The van der Waals surface area contributed by atoms with Crippen LogP contribution >= 0.6 is 11.3 Å². The smallest absolute Gasteiger partial charge is 0.305 e. The largest absolute Gasteiger partial charge is 0.481 e. The Morgan fingerprint density at radius 3 is 2.52 bits per heavy atom. The lowest BCUT2D eigenvalue weighted by Gasteiger charge is -2.26. The van der Waals surface area contributed by atoms with Crippen molar-refractivity contribution >= 4 is 23.2 Å². The SMILES string of the molecule is CC(C)(C)CC(CN)C(=O)NC(CC(=O)O)c1cccs1. The van der Waals surface area contributed by atoms with Crippen LogP contribution in [0.5, 0.6) is 0 Å². The highest BCUT2D eigenvalue weighted by Gasteiger charge is 2.27. The number of carboxylic acids is 1. The van der Waals surface area contributed by atoms with Gasteiger partial charge in [0, 0.05) is 11.4 Å². The van der Waals surface area contributed by atoms with Crippen LogP contribution in [0, 0.1) is 11.3 Å². The zero-order valence-corrected chi connectivity index (χ0v) is 13.6. The van der Waals surface area contributed by atoms with Gasteiger partial charge < -0.3 is 16.2 Å². The van der Waals surface area contributed by atoms with Gasteiger partial charge in [0.2, 0.25) is 5.91 Å². The van der Waals surface area contributed by atoms with Gasteiger partial charge >= 0.3 is 5.97 Å². The summed E-state index contributed by atoms with van der Waals surface area (Å²) in [7, 11) is 0. The fourth-order valence-electron chi connectivity index (χ4n) is 2.20. The van der Waals surface area contributed by atoms with Crippen molar-refractivity contribution in [1.82, 2.24) is 5.32 Å². The van der Waals surface area contributed by atoms with E-state index >= 15 is 0 Å². The second kappa shape index (κ2) is 7.56. The summed E-state index contributed by atoms with van der Waals surface area (Å²) < 4.78 is 0. The van der Waals surface area contributed by atoms with Gasteiger partial charge in [-0.2, -0.15) is 0 Å². The second-order valence-electron chi connectivity index (χ2n) is 6.37. The molecule has 1 aromatic heterocycles. The first-order chi connectivity index (χ1) is 9.73. The first kappa shape index (κ1) is 17.7. The molecule has 1 aromatic rings. The average Bonchev–Trinajstić information content (AvgIpc) is 2.87. The van der Waals surface area contributed by atoms with Crippen molar-refractivity contribution < 1.29 is 14.7 Å². The molecule has 0 aliphatic carbocycles. The zero-order chi connectivity index (χ0) is 16.0. The Balaban J connectivity index is 2.77. The highest BCUT2D eigenvalue weighted by molar-refractivity contribution is 7.10. The van der Waals surface area contributed by atoms with E-state index in [1.54, 1.807) is 0 Å². The molecule has 0 spiro atoms. The van der Waals surface area contributed by atoms with Crippen molar-refractivity contribution in [3.8, 4) is 0 Å². The third-order valence-corrected chi connectivity index (χ3v) is 4.08. The molecule has 0 saturated carbocycles. The molecule has 1 rings (SSSR count). The van der Waals surface area contributed by atoms with E-state index < -0.39 is 12.0 Å². The fraction of sp³-hybridized carbons (Fsp3) is 0.600. The lowest BCUT2D eigenvalue weighted by atomic mass is 9.84. The lowest BCUT2D eigenvalue weighted by molar-refractivity contribution is -0.138. The van der Waals surface area contributed by atoms with Gasteiger partial charge in [0.05, 0.1) is 18.4 Å². The quantitative estimate of drug-likeness (QED) is 0.721. The summed E-state index contributed by atoms with van der Waals surface area (Å²) in [4.78, 5) is 24.2. The Bertz CT molecular complexity index is 466. The molecule has 2 unspecified atom stereocenters. The predicted octanol–water partition coefficient (Wildman–Crippen LogP) is 2.39. The number of carbonyl (C=O) groups excluding carboxylic acids is 1. The molecule has 6 heteroatoms. The molecule has 0 aromatic carbocycles. The van der Waals surface area contributed by atoms with Crippen LogP contribution in [0.15, 0.2) is 17.5 Å². The number of hydrogen-bond acceptors (Lipinski definition) is 4. The van der Waals surface area contributed by atoms with E-state index in [2.05, 4.69) is 26.1 Å². The number of aliphatic carboxylic acids is 1. The Hall–Kier alpha value is -1.40. The zero-order valence-electron chi connectivity index (χ0n) is 12.8.